The highest BCUT2D eigenvalue weighted by Gasteiger charge is 2.15. The van der Waals surface area contributed by atoms with Crippen molar-refractivity contribution in [2.45, 2.75) is 24.7 Å². The molecule has 2 aromatic rings. The zero-order valence-electron chi connectivity index (χ0n) is 15.1. The quantitative estimate of drug-likeness (QED) is 0.690. The fraction of sp³-hybridized carbons (Fsp3) is 0.316. The second kappa shape index (κ2) is 8.82. The Morgan fingerprint density at radius 1 is 1.12 bits per heavy atom. The van der Waals surface area contributed by atoms with Crippen molar-refractivity contribution >= 4 is 21.6 Å². The van der Waals surface area contributed by atoms with Gasteiger partial charge in [-0.15, -0.1) is 0 Å². The Morgan fingerprint density at radius 2 is 1.77 bits per heavy atom. The summed E-state index contributed by atoms with van der Waals surface area (Å²) in [6.07, 6.45) is 0.889. The van der Waals surface area contributed by atoms with E-state index in [9.17, 15) is 13.2 Å². The first kappa shape index (κ1) is 19.9. The van der Waals surface area contributed by atoms with E-state index in [1.807, 2.05) is 31.2 Å². The highest BCUT2D eigenvalue weighted by molar-refractivity contribution is 7.89. The van der Waals surface area contributed by atoms with Crippen molar-refractivity contribution in [1.29, 1.82) is 0 Å². The van der Waals surface area contributed by atoms with Crippen molar-refractivity contribution in [3.05, 3.63) is 59.7 Å². The number of anilines is 1. The molecule has 0 aromatic heterocycles. The van der Waals surface area contributed by atoms with E-state index >= 15 is 0 Å². The zero-order valence-corrected chi connectivity index (χ0v) is 15.9. The van der Waals surface area contributed by atoms with Gasteiger partial charge in [0, 0.05) is 32.2 Å². The van der Waals surface area contributed by atoms with Crippen LogP contribution in [0.2, 0.25) is 0 Å². The number of nitrogens with zero attached hydrogens (tertiary/aromatic N) is 1. The van der Waals surface area contributed by atoms with Gasteiger partial charge in [0.15, 0.2) is 0 Å². The van der Waals surface area contributed by atoms with Crippen LogP contribution in [0, 0.1) is 6.92 Å². The molecule has 0 aliphatic rings. The van der Waals surface area contributed by atoms with Crippen molar-refractivity contribution < 1.29 is 13.2 Å². The molecule has 0 fully saturated rings. The van der Waals surface area contributed by atoms with Gasteiger partial charge in [-0.25, -0.2) is 13.1 Å². The van der Waals surface area contributed by atoms with Crippen molar-refractivity contribution in [1.82, 2.24) is 9.62 Å². The van der Waals surface area contributed by atoms with E-state index < -0.39 is 10.0 Å². The molecule has 0 heterocycles. The number of benzene rings is 2. The number of carbonyl (C=O) groups excluding carboxylic acids is 1. The molecule has 0 saturated carbocycles. The molecule has 0 spiro atoms. The van der Waals surface area contributed by atoms with Crippen LogP contribution in [0.1, 0.15) is 17.5 Å². The molecule has 3 N–H and O–H groups in total. The van der Waals surface area contributed by atoms with E-state index in [2.05, 4.69) is 4.72 Å². The van der Waals surface area contributed by atoms with Crippen LogP contribution in [0.4, 0.5) is 5.69 Å². The van der Waals surface area contributed by atoms with E-state index in [4.69, 9.17) is 5.73 Å². The summed E-state index contributed by atoms with van der Waals surface area (Å²) in [6.45, 7) is 2.35. The van der Waals surface area contributed by atoms with Gasteiger partial charge in [0.2, 0.25) is 15.9 Å². The molecule has 0 aliphatic carbocycles. The van der Waals surface area contributed by atoms with Crippen LogP contribution in [-0.2, 0) is 21.2 Å². The maximum absolute atomic E-state index is 12.2. The number of likely N-dealkylation sites (N-methyl/N-ethyl adjacent to an activating group) is 1. The third kappa shape index (κ3) is 5.57. The van der Waals surface area contributed by atoms with Gasteiger partial charge >= 0.3 is 0 Å². The van der Waals surface area contributed by atoms with Gasteiger partial charge < -0.3 is 10.6 Å². The fourth-order valence-corrected chi connectivity index (χ4v) is 3.49. The molecule has 26 heavy (non-hydrogen) atoms. The number of nitrogens with two attached hydrogens (primary N) is 1. The minimum Gasteiger partial charge on any atom is -0.399 e. The maximum atomic E-state index is 12.2. The highest BCUT2D eigenvalue weighted by Crippen LogP contribution is 2.13. The topological polar surface area (TPSA) is 92.5 Å². The summed E-state index contributed by atoms with van der Waals surface area (Å²) < 4.78 is 27.0. The SMILES string of the molecule is Cc1ccc(S(=O)(=O)NCCN(C)C(=O)CCc2ccccc2N)cc1. The van der Waals surface area contributed by atoms with Gasteiger partial charge in [-0.05, 0) is 37.1 Å². The largest absolute Gasteiger partial charge is 0.399 e. The third-order valence-corrected chi connectivity index (χ3v) is 5.64. The Labute approximate surface area is 155 Å². The molecular formula is C19H25N3O3S. The molecule has 0 saturated heterocycles. The molecular weight excluding hydrogens is 350 g/mol. The minimum atomic E-state index is -3.56. The summed E-state index contributed by atoms with van der Waals surface area (Å²) in [5.74, 6) is -0.0530. The molecule has 0 unspecified atom stereocenters. The summed E-state index contributed by atoms with van der Waals surface area (Å²) >= 11 is 0. The Kier molecular flexibility index (Phi) is 6.76. The molecule has 0 atom stereocenters. The van der Waals surface area contributed by atoms with Crippen LogP contribution in [0.5, 0.6) is 0 Å². The van der Waals surface area contributed by atoms with Gasteiger partial charge in [-0.2, -0.15) is 0 Å². The lowest BCUT2D eigenvalue weighted by Crippen LogP contribution is -2.36. The van der Waals surface area contributed by atoms with Crippen LogP contribution >= 0.6 is 0 Å². The van der Waals surface area contributed by atoms with E-state index in [1.54, 1.807) is 31.3 Å². The summed E-state index contributed by atoms with van der Waals surface area (Å²) in [7, 11) is -1.90. The zero-order chi connectivity index (χ0) is 19.2. The number of aryl methyl sites for hydroxylation is 2. The Bertz CT molecular complexity index is 849. The number of hydrogen-bond donors (Lipinski definition) is 2. The number of para-hydroxylation sites is 1. The molecule has 1 amide bonds. The highest BCUT2D eigenvalue weighted by atomic mass is 32.2. The number of sulfonamides is 1. The van der Waals surface area contributed by atoms with E-state index in [-0.39, 0.29) is 17.3 Å². The van der Waals surface area contributed by atoms with Crippen LogP contribution in [0.15, 0.2) is 53.4 Å². The average molecular weight is 375 g/mol. The van der Waals surface area contributed by atoms with Crippen LogP contribution in [0.3, 0.4) is 0 Å². The van der Waals surface area contributed by atoms with Crippen molar-refractivity contribution in [3.8, 4) is 0 Å². The smallest absolute Gasteiger partial charge is 0.240 e. The second-order valence-electron chi connectivity index (χ2n) is 6.22. The van der Waals surface area contributed by atoms with Crippen molar-refractivity contribution in [2.24, 2.45) is 0 Å². The van der Waals surface area contributed by atoms with Gasteiger partial charge in [0.25, 0.3) is 0 Å². The third-order valence-electron chi connectivity index (χ3n) is 4.16. The van der Waals surface area contributed by atoms with Crippen LogP contribution in [-0.4, -0.2) is 39.4 Å². The number of nitrogens with one attached hydrogen (secondary N) is 1. The predicted molar refractivity (Wildman–Crippen MR) is 103 cm³/mol. The first-order chi connectivity index (χ1) is 12.3. The Balaban J connectivity index is 1.80. The van der Waals surface area contributed by atoms with E-state index in [0.717, 1.165) is 11.1 Å². The molecule has 2 aromatic carbocycles. The molecule has 2 rings (SSSR count). The summed E-state index contributed by atoms with van der Waals surface area (Å²) in [6, 6.07) is 14.1. The molecule has 6 nitrogen and oxygen atoms in total. The molecule has 0 aliphatic heterocycles. The Morgan fingerprint density at radius 3 is 2.42 bits per heavy atom. The predicted octanol–water partition coefficient (Wildman–Crippen LogP) is 1.95. The van der Waals surface area contributed by atoms with E-state index in [1.165, 1.54) is 4.90 Å². The number of carbonyl (C=O) groups is 1. The molecule has 7 heteroatoms. The number of hydrogen-bond acceptors (Lipinski definition) is 4. The summed E-state index contributed by atoms with van der Waals surface area (Å²) in [4.78, 5) is 13.9. The second-order valence-corrected chi connectivity index (χ2v) is 7.99. The first-order valence-corrected chi connectivity index (χ1v) is 9.91. The molecule has 140 valence electrons. The lowest BCUT2D eigenvalue weighted by atomic mass is 10.1. The minimum absolute atomic E-state index is 0.0530. The van der Waals surface area contributed by atoms with Crippen molar-refractivity contribution in [3.63, 3.8) is 0 Å². The Hall–Kier alpha value is -2.38. The maximum Gasteiger partial charge on any atom is 0.240 e. The lowest BCUT2D eigenvalue weighted by molar-refractivity contribution is -0.129. The lowest BCUT2D eigenvalue weighted by Gasteiger charge is -2.18. The monoisotopic (exact) mass is 375 g/mol. The fourth-order valence-electron chi connectivity index (χ4n) is 2.47. The summed E-state index contributed by atoms with van der Waals surface area (Å²) in [5, 5.41) is 0. The average Bonchev–Trinajstić information content (AvgIpc) is 2.61. The van der Waals surface area contributed by atoms with Gasteiger partial charge in [-0.1, -0.05) is 35.9 Å². The van der Waals surface area contributed by atoms with Gasteiger partial charge in [0.1, 0.15) is 0 Å². The van der Waals surface area contributed by atoms with Crippen LogP contribution in [0.25, 0.3) is 0 Å². The normalized spacial score (nSPS) is 11.3. The number of amides is 1. The van der Waals surface area contributed by atoms with Gasteiger partial charge in [0.05, 0.1) is 4.90 Å². The first-order valence-electron chi connectivity index (χ1n) is 8.43. The molecule has 0 bridgehead atoms. The number of nitrogen functional groups attached to an aromatic ring is 1. The number of rotatable bonds is 8. The van der Waals surface area contributed by atoms with Crippen molar-refractivity contribution in [2.75, 3.05) is 25.9 Å². The molecule has 0 radical (unpaired) electrons. The summed E-state index contributed by atoms with van der Waals surface area (Å²) in [5.41, 5.74) is 8.48. The van der Waals surface area contributed by atoms with E-state index in [0.29, 0.717) is 25.1 Å². The van der Waals surface area contributed by atoms with Gasteiger partial charge in [-0.3, -0.25) is 4.79 Å². The van der Waals surface area contributed by atoms with Crippen LogP contribution < -0.4 is 10.5 Å². The standard InChI is InChI=1S/C19H25N3O3S/c1-15-7-10-17(11-8-15)26(24,25)21-13-14-22(2)19(23)12-9-16-5-3-4-6-18(16)20/h3-8,10-11,21H,9,12-14,20H2,1-2H3.